The van der Waals surface area contributed by atoms with Crippen LogP contribution in [0.5, 0.6) is 0 Å². The van der Waals surface area contributed by atoms with Gasteiger partial charge in [0.05, 0.1) is 39.6 Å². The van der Waals surface area contributed by atoms with Gasteiger partial charge in [-0.2, -0.15) is 0 Å². The summed E-state index contributed by atoms with van der Waals surface area (Å²) in [5.41, 5.74) is 1.85. The lowest BCUT2D eigenvalue weighted by Gasteiger charge is -2.09. The number of rotatable bonds is 14. The highest BCUT2D eigenvalue weighted by Gasteiger charge is 1.93. The second kappa shape index (κ2) is 26.8. The highest BCUT2D eigenvalue weighted by Crippen LogP contribution is 1.87. The number of likely N-dealkylation sites (N-methyl/N-ethyl adjacent to an activating group) is 1. The van der Waals surface area contributed by atoms with E-state index in [0.29, 0.717) is 39.6 Å². The Hall–Kier alpha value is -1.04. The van der Waals surface area contributed by atoms with Crippen molar-refractivity contribution in [1.82, 2.24) is 10.6 Å². The second-order valence-electron chi connectivity index (χ2n) is 4.83. The Balaban J connectivity index is -0.000000189. The van der Waals surface area contributed by atoms with Crippen molar-refractivity contribution in [1.29, 1.82) is 0 Å². The first-order valence-corrected chi connectivity index (χ1v) is 9.12. The summed E-state index contributed by atoms with van der Waals surface area (Å²) in [4.78, 5) is 0. The molecule has 2 N–H and O–H groups in total. The molecule has 0 aliphatic rings. The first kappa shape index (κ1) is 27.8. The molecule has 5 nitrogen and oxygen atoms in total. The molecule has 0 saturated heterocycles. The van der Waals surface area contributed by atoms with Crippen LogP contribution in [0, 0.1) is 0 Å². The van der Waals surface area contributed by atoms with Crippen molar-refractivity contribution < 1.29 is 17.1 Å². The van der Waals surface area contributed by atoms with E-state index >= 15 is 0 Å². The van der Waals surface area contributed by atoms with E-state index in [1.165, 1.54) is 6.42 Å². The Morgan fingerprint density at radius 3 is 1.75 bits per heavy atom. The summed E-state index contributed by atoms with van der Waals surface area (Å²) in [6, 6.07) is 0. The molecule has 0 spiro atoms. The van der Waals surface area contributed by atoms with Gasteiger partial charge in [0.25, 0.3) is 0 Å². The monoisotopic (exact) mass is 350 g/mol. The first-order valence-electron chi connectivity index (χ1n) is 9.12. The summed E-state index contributed by atoms with van der Waals surface area (Å²) < 4.78 is 16.1. The third kappa shape index (κ3) is 32.8. The molecule has 5 heteroatoms. The van der Waals surface area contributed by atoms with Crippen LogP contribution in [0.4, 0.5) is 0 Å². The summed E-state index contributed by atoms with van der Waals surface area (Å²) in [5, 5.41) is 6.18. The molecule has 0 heterocycles. The fourth-order valence-electron chi connectivity index (χ4n) is 1.27. The van der Waals surface area contributed by atoms with Crippen LogP contribution >= 0.6 is 0 Å². The van der Waals surface area contributed by atoms with E-state index in [4.69, 9.17) is 14.2 Å². The van der Waals surface area contributed by atoms with Gasteiger partial charge in [0.1, 0.15) is 0 Å². The second-order valence-corrected chi connectivity index (χ2v) is 4.83. The number of hydrogen-bond donors (Lipinski definition) is 2. The maximum absolute atomic E-state index is 5.37. The molecule has 0 aliphatic carbocycles. The SMILES string of the molecule is C=C(C)NCCOCCOCCOCC(=C)NCC.CC.CCC.[HH].[HH]. The Kier molecular flexibility index (Phi) is 31.1. The van der Waals surface area contributed by atoms with Crippen molar-refractivity contribution in [3.05, 3.63) is 24.6 Å². The van der Waals surface area contributed by atoms with E-state index in [-0.39, 0.29) is 2.85 Å². The van der Waals surface area contributed by atoms with Gasteiger partial charge in [0.2, 0.25) is 0 Å². The van der Waals surface area contributed by atoms with Crippen LogP contribution in [-0.2, 0) is 14.2 Å². The van der Waals surface area contributed by atoms with E-state index in [1.807, 2.05) is 27.7 Å². The Morgan fingerprint density at radius 2 is 1.29 bits per heavy atom. The molecule has 24 heavy (non-hydrogen) atoms. The van der Waals surface area contributed by atoms with Gasteiger partial charge < -0.3 is 24.8 Å². The highest BCUT2D eigenvalue weighted by atomic mass is 16.5. The average Bonchev–Trinajstić information content (AvgIpc) is 2.55. The standard InChI is InChI=1S/C14H28N2O3.C3H8.C2H6.2H2/c1-5-15-14(4)12-19-11-10-18-9-8-17-7-6-16-13(2)3;1-3-2;1-2;;/h15-16H,2,4-12H2,1,3H3;3H2,1-2H3;1-2H3;2*1H. The lowest BCUT2D eigenvalue weighted by molar-refractivity contribution is 0.0189. The zero-order valence-corrected chi connectivity index (χ0v) is 17.0. The molecule has 0 fully saturated rings. The van der Waals surface area contributed by atoms with Crippen molar-refractivity contribution in [3.8, 4) is 0 Å². The highest BCUT2D eigenvalue weighted by molar-refractivity contribution is 4.90. The zero-order chi connectivity index (χ0) is 19.1. The predicted molar refractivity (Wildman–Crippen MR) is 110 cm³/mol. The smallest absolute Gasteiger partial charge is 0.0857 e. The maximum atomic E-state index is 5.37. The van der Waals surface area contributed by atoms with E-state index in [0.717, 1.165) is 24.5 Å². The van der Waals surface area contributed by atoms with Crippen LogP contribution < -0.4 is 10.6 Å². The third-order valence-corrected chi connectivity index (χ3v) is 2.12. The topological polar surface area (TPSA) is 51.8 Å². The molecule has 0 aromatic rings. The van der Waals surface area contributed by atoms with E-state index in [1.54, 1.807) is 0 Å². The van der Waals surface area contributed by atoms with Crippen molar-refractivity contribution >= 4 is 0 Å². The quantitative estimate of drug-likeness (QED) is 0.459. The summed E-state index contributed by atoms with van der Waals surface area (Å²) >= 11 is 0. The fourth-order valence-corrected chi connectivity index (χ4v) is 1.27. The molecule has 0 saturated carbocycles. The van der Waals surface area contributed by atoms with Gasteiger partial charge in [-0.15, -0.1) is 0 Å². The normalized spacial score (nSPS) is 9.08. The summed E-state index contributed by atoms with van der Waals surface area (Å²) in [7, 11) is 0. The van der Waals surface area contributed by atoms with Gasteiger partial charge in [-0.1, -0.05) is 47.3 Å². The molecule has 0 amide bonds. The molecule has 0 atom stereocenters. The first-order chi connectivity index (χ1) is 11.6. The lowest BCUT2D eigenvalue weighted by atomic mass is 10.5. The van der Waals surface area contributed by atoms with Crippen molar-refractivity contribution in [2.24, 2.45) is 0 Å². The number of ether oxygens (including phenoxy) is 3. The molecule has 0 aromatic carbocycles. The Morgan fingerprint density at radius 1 is 0.833 bits per heavy atom. The van der Waals surface area contributed by atoms with E-state index in [9.17, 15) is 0 Å². The van der Waals surface area contributed by atoms with Crippen LogP contribution in [0.25, 0.3) is 0 Å². The largest absolute Gasteiger partial charge is 0.387 e. The van der Waals surface area contributed by atoms with E-state index < -0.39 is 0 Å². The Labute approximate surface area is 153 Å². The van der Waals surface area contributed by atoms with Gasteiger partial charge in [-0.3, -0.25) is 0 Å². The van der Waals surface area contributed by atoms with Crippen LogP contribution in [0.1, 0.15) is 50.8 Å². The predicted octanol–water partition coefficient (Wildman–Crippen LogP) is 4.22. The van der Waals surface area contributed by atoms with Crippen LogP contribution in [0.3, 0.4) is 0 Å². The van der Waals surface area contributed by atoms with E-state index in [2.05, 4.69) is 37.6 Å². The minimum absolute atomic E-state index is 0. The van der Waals surface area contributed by atoms with Crippen LogP contribution in [-0.4, -0.2) is 52.7 Å². The number of allylic oxidation sites excluding steroid dienone is 1. The minimum Gasteiger partial charge on any atom is -0.387 e. The molecule has 0 aliphatic heterocycles. The van der Waals surface area contributed by atoms with Gasteiger partial charge in [0.15, 0.2) is 0 Å². The van der Waals surface area contributed by atoms with Crippen LogP contribution in [0.15, 0.2) is 24.6 Å². The van der Waals surface area contributed by atoms with Crippen molar-refractivity contribution in [2.45, 2.75) is 48.0 Å². The molecular weight excluding hydrogens is 304 g/mol. The third-order valence-electron chi connectivity index (χ3n) is 2.12. The van der Waals surface area contributed by atoms with Crippen LogP contribution in [0.2, 0.25) is 0 Å². The van der Waals surface area contributed by atoms with Gasteiger partial charge in [0, 0.05) is 27.3 Å². The zero-order valence-electron chi connectivity index (χ0n) is 17.0. The van der Waals surface area contributed by atoms with Crippen molar-refractivity contribution in [2.75, 3.05) is 52.7 Å². The summed E-state index contributed by atoms with van der Waals surface area (Å²) in [5.74, 6) is 0. The molecule has 0 bridgehead atoms. The van der Waals surface area contributed by atoms with Gasteiger partial charge in [-0.05, 0) is 13.8 Å². The Bertz CT molecular complexity index is 269. The molecule has 0 aromatic heterocycles. The number of hydrogen-bond acceptors (Lipinski definition) is 5. The summed E-state index contributed by atoms with van der Waals surface area (Å²) in [6.07, 6.45) is 1.25. The average molecular weight is 351 g/mol. The van der Waals surface area contributed by atoms with Crippen molar-refractivity contribution in [3.63, 3.8) is 0 Å². The van der Waals surface area contributed by atoms with Gasteiger partial charge in [-0.25, -0.2) is 0 Å². The fraction of sp³-hybridized carbons (Fsp3) is 0.789. The van der Waals surface area contributed by atoms with Gasteiger partial charge >= 0.3 is 0 Å². The molecule has 0 rings (SSSR count). The molecule has 150 valence electrons. The molecular formula is C19H46N2O3. The molecule has 0 radical (unpaired) electrons. The maximum Gasteiger partial charge on any atom is 0.0857 e. The lowest BCUT2D eigenvalue weighted by Crippen LogP contribution is -2.19. The molecule has 0 unspecified atom stereocenters. The number of nitrogens with one attached hydrogen (secondary N) is 2. The minimum atomic E-state index is 0. The summed E-state index contributed by atoms with van der Waals surface area (Å²) in [6.45, 7) is 24.9.